The van der Waals surface area contributed by atoms with Crippen LogP contribution in [-0.2, 0) is 9.47 Å². The van der Waals surface area contributed by atoms with Crippen LogP contribution in [0.2, 0.25) is 0 Å². The minimum Gasteiger partial charge on any atom is -0.347 e. The first-order chi connectivity index (χ1) is 7.15. The first kappa shape index (κ1) is 11.3. The highest BCUT2D eigenvalue weighted by Gasteiger charge is 2.43. The lowest BCUT2D eigenvalue weighted by Gasteiger charge is -2.39. The summed E-state index contributed by atoms with van der Waals surface area (Å²) in [6.07, 6.45) is 2.05. The van der Waals surface area contributed by atoms with Crippen LogP contribution in [0.25, 0.3) is 0 Å². The second kappa shape index (κ2) is 4.37. The third-order valence-electron chi connectivity index (χ3n) is 3.47. The van der Waals surface area contributed by atoms with Crippen molar-refractivity contribution in [2.24, 2.45) is 5.73 Å². The summed E-state index contributed by atoms with van der Waals surface area (Å²) in [5.74, 6) is -0.310. The van der Waals surface area contributed by atoms with E-state index in [1.807, 2.05) is 0 Å². The molecule has 0 saturated carbocycles. The average molecular weight is 214 g/mol. The number of nitrogens with two attached hydrogens (primary N) is 1. The maximum Gasteiger partial charge on any atom is 0.171 e. The number of likely N-dealkylation sites (tertiary alicyclic amines) is 1. The molecule has 0 amide bonds. The lowest BCUT2D eigenvalue weighted by molar-refractivity contribution is -0.195. The number of ether oxygens (including phenoxy) is 2. The van der Waals surface area contributed by atoms with Crippen LogP contribution in [0.1, 0.15) is 26.7 Å². The number of piperidine rings is 1. The SMILES string of the molecule is CC(C)N1CCC2(CC1)OCC(CN)O2. The first-order valence-corrected chi connectivity index (χ1v) is 5.91. The van der Waals surface area contributed by atoms with E-state index in [2.05, 4.69) is 18.7 Å². The summed E-state index contributed by atoms with van der Waals surface area (Å²) in [6.45, 7) is 7.83. The van der Waals surface area contributed by atoms with Crippen molar-refractivity contribution >= 4 is 0 Å². The Labute approximate surface area is 91.7 Å². The Balaban J connectivity index is 1.87. The van der Waals surface area contributed by atoms with Crippen molar-refractivity contribution in [3.8, 4) is 0 Å². The summed E-state index contributed by atoms with van der Waals surface area (Å²) in [4.78, 5) is 2.47. The Morgan fingerprint density at radius 2 is 2.07 bits per heavy atom. The largest absolute Gasteiger partial charge is 0.347 e. The van der Waals surface area contributed by atoms with Crippen molar-refractivity contribution in [3.63, 3.8) is 0 Å². The Morgan fingerprint density at radius 1 is 1.40 bits per heavy atom. The molecule has 2 fully saturated rings. The molecule has 0 aromatic heterocycles. The molecule has 2 aliphatic rings. The number of hydrogen-bond acceptors (Lipinski definition) is 4. The standard InChI is InChI=1S/C11H22N2O2/c1-9(2)13-5-3-11(4-6-13)14-8-10(7-12)15-11/h9-10H,3-8,12H2,1-2H3. The van der Waals surface area contributed by atoms with Gasteiger partial charge in [-0.25, -0.2) is 0 Å². The predicted octanol–water partition coefficient (Wildman–Crippen LogP) is 0.561. The molecule has 0 aromatic rings. The molecule has 0 radical (unpaired) electrons. The lowest BCUT2D eigenvalue weighted by Crippen LogP contribution is -2.47. The van der Waals surface area contributed by atoms with Crippen molar-refractivity contribution in [1.29, 1.82) is 0 Å². The highest BCUT2D eigenvalue weighted by atomic mass is 16.7. The van der Waals surface area contributed by atoms with Crippen molar-refractivity contribution in [1.82, 2.24) is 4.90 Å². The second-order valence-electron chi connectivity index (χ2n) is 4.83. The van der Waals surface area contributed by atoms with Crippen LogP contribution in [0.3, 0.4) is 0 Å². The van der Waals surface area contributed by atoms with E-state index in [4.69, 9.17) is 15.2 Å². The molecule has 4 nitrogen and oxygen atoms in total. The van der Waals surface area contributed by atoms with Gasteiger partial charge in [-0.3, -0.25) is 0 Å². The third kappa shape index (κ3) is 2.33. The molecule has 1 unspecified atom stereocenters. The van der Waals surface area contributed by atoms with Crippen LogP contribution in [0, 0.1) is 0 Å². The van der Waals surface area contributed by atoms with Crippen molar-refractivity contribution < 1.29 is 9.47 Å². The second-order valence-corrected chi connectivity index (χ2v) is 4.83. The maximum absolute atomic E-state index is 5.89. The lowest BCUT2D eigenvalue weighted by atomic mass is 10.0. The topological polar surface area (TPSA) is 47.7 Å². The Hall–Kier alpha value is -0.160. The molecule has 2 aliphatic heterocycles. The summed E-state index contributed by atoms with van der Waals surface area (Å²) >= 11 is 0. The third-order valence-corrected chi connectivity index (χ3v) is 3.47. The summed E-state index contributed by atoms with van der Waals surface area (Å²) in [6, 6.07) is 0.619. The van der Waals surface area contributed by atoms with E-state index < -0.39 is 0 Å². The molecule has 2 rings (SSSR count). The minimum atomic E-state index is -0.310. The average Bonchev–Trinajstić information content (AvgIpc) is 2.62. The van der Waals surface area contributed by atoms with Gasteiger partial charge in [-0.15, -0.1) is 0 Å². The molecule has 2 saturated heterocycles. The van der Waals surface area contributed by atoms with E-state index in [1.165, 1.54) is 0 Å². The van der Waals surface area contributed by atoms with E-state index in [0.717, 1.165) is 25.9 Å². The number of rotatable bonds is 2. The van der Waals surface area contributed by atoms with Gasteiger partial charge in [0.1, 0.15) is 0 Å². The normalized spacial score (nSPS) is 31.6. The van der Waals surface area contributed by atoms with E-state index >= 15 is 0 Å². The molecule has 1 atom stereocenters. The maximum atomic E-state index is 5.89. The van der Waals surface area contributed by atoms with E-state index in [-0.39, 0.29) is 11.9 Å². The van der Waals surface area contributed by atoms with E-state index in [9.17, 15) is 0 Å². The van der Waals surface area contributed by atoms with Crippen LogP contribution in [-0.4, -0.2) is 49.1 Å². The summed E-state index contributed by atoms with van der Waals surface area (Å²) < 4.78 is 11.7. The van der Waals surface area contributed by atoms with Gasteiger partial charge in [0.2, 0.25) is 0 Å². The molecule has 2 heterocycles. The van der Waals surface area contributed by atoms with Crippen LogP contribution in [0.15, 0.2) is 0 Å². The molecule has 0 bridgehead atoms. The number of hydrogen-bond donors (Lipinski definition) is 1. The fourth-order valence-corrected chi connectivity index (χ4v) is 2.38. The van der Waals surface area contributed by atoms with Gasteiger partial charge in [0, 0.05) is 38.5 Å². The van der Waals surface area contributed by atoms with Gasteiger partial charge in [0.15, 0.2) is 5.79 Å². The summed E-state index contributed by atoms with van der Waals surface area (Å²) in [5, 5.41) is 0. The molecule has 0 aliphatic carbocycles. The minimum absolute atomic E-state index is 0.107. The van der Waals surface area contributed by atoms with Crippen LogP contribution in [0.4, 0.5) is 0 Å². The van der Waals surface area contributed by atoms with Crippen molar-refractivity contribution in [2.75, 3.05) is 26.2 Å². The quantitative estimate of drug-likeness (QED) is 0.729. The van der Waals surface area contributed by atoms with E-state index in [1.54, 1.807) is 0 Å². The van der Waals surface area contributed by atoms with Gasteiger partial charge >= 0.3 is 0 Å². The zero-order chi connectivity index (χ0) is 10.9. The molecule has 1 spiro atoms. The summed E-state index contributed by atoms with van der Waals surface area (Å²) in [7, 11) is 0. The molecule has 4 heteroatoms. The smallest absolute Gasteiger partial charge is 0.171 e. The van der Waals surface area contributed by atoms with Crippen molar-refractivity contribution in [2.45, 2.75) is 44.6 Å². The van der Waals surface area contributed by atoms with Gasteiger partial charge < -0.3 is 20.1 Å². The number of nitrogens with zero attached hydrogens (tertiary/aromatic N) is 1. The zero-order valence-corrected chi connectivity index (χ0v) is 9.74. The van der Waals surface area contributed by atoms with E-state index in [0.29, 0.717) is 19.2 Å². The van der Waals surface area contributed by atoms with Gasteiger partial charge in [0.25, 0.3) is 0 Å². The van der Waals surface area contributed by atoms with Gasteiger partial charge in [-0.1, -0.05) is 0 Å². The van der Waals surface area contributed by atoms with Gasteiger partial charge in [0.05, 0.1) is 12.7 Å². The Morgan fingerprint density at radius 3 is 2.53 bits per heavy atom. The monoisotopic (exact) mass is 214 g/mol. The molecule has 88 valence electrons. The molecular weight excluding hydrogens is 192 g/mol. The van der Waals surface area contributed by atoms with Crippen molar-refractivity contribution in [3.05, 3.63) is 0 Å². The summed E-state index contributed by atoms with van der Waals surface area (Å²) in [5.41, 5.74) is 5.58. The highest BCUT2D eigenvalue weighted by molar-refractivity contribution is 4.86. The predicted molar refractivity (Wildman–Crippen MR) is 58.6 cm³/mol. The first-order valence-electron chi connectivity index (χ1n) is 5.91. The molecular formula is C11H22N2O2. The Kier molecular flexibility index (Phi) is 3.30. The zero-order valence-electron chi connectivity index (χ0n) is 9.74. The highest BCUT2D eigenvalue weighted by Crippen LogP contribution is 2.34. The molecule has 0 aromatic carbocycles. The van der Waals surface area contributed by atoms with Crippen LogP contribution >= 0.6 is 0 Å². The fraction of sp³-hybridized carbons (Fsp3) is 1.00. The fourth-order valence-electron chi connectivity index (χ4n) is 2.38. The molecule has 15 heavy (non-hydrogen) atoms. The van der Waals surface area contributed by atoms with Gasteiger partial charge in [-0.05, 0) is 13.8 Å². The van der Waals surface area contributed by atoms with Crippen LogP contribution < -0.4 is 5.73 Å². The van der Waals surface area contributed by atoms with Gasteiger partial charge in [-0.2, -0.15) is 0 Å². The Bertz CT molecular complexity index is 213. The molecule has 2 N–H and O–H groups in total. The van der Waals surface area contributed by atoms with Crippen LogP contribution in [0.5, 0.6) is 0 Å².